The highest BCUT2D eigenvalue weighted by molar-refractivity contribution is 9.10. The highest BCUT2D eigenvalue weighted by atomic mass is 79.9. The Labute approximate surface area is 94.5 Å². The van der Waals surface area contributed by atoms with E-state index in [4.69, 9.17) is 4.74 Å². The zero-order chi connectivity index (χ0) is 10.8. The maximum Gasteiger partial charge on any atom is 0.283 e. The molecule has 1 aliphatic rings. The molecule has 0 saturated carbocycles. The van der Waals surface area contributed by atoms with Crippen molar-refractivity contribution in [3.05, 3.63) is 16.4 Å². The summed E-state index contributed by atoms with van der Waals surface area (Å²) in [6, 6.07) is 0.183. The topological polar surface area (TPSA) is 27.1 Å². The molecule has 0 bridgehead atoms. The first-order chi connectivity index (χ1) is 7.18. The summed E-state index contributed by atoms with van der Waals surface area (Å²) in [6.45, 7) is 1.35. The molecule has 6 heteroatoms. The Hall–Kier alpha value is -0.490. The van der Waals surface area contributed by atoms with Crippen LogP contribution in [0.15, 0.2) is 10.7 Å². The van der Waals surface area contributed by atoms with Crippen LogP contribution >= 0.6 is 15.9 Å². The van der Waals surface area contributed by atoms with Gasteiger partial charge in [0.05, 0.1) is 10.5 Å². The lowest BCUT2D eigenvalue weighted by Crippen LogP contribution is -2.20. The van der Waals surface area contributed by atoms with Crippen LogP contribution in [0.5, 0.6) is 0 Å². The molecule has 1 aromatic rings. The second-order valence-corrected chi connectivity index (χ2v) is 4.34. The van der Waals surface area contributed by atoms with Crippen molar-refractivity contribution in [3.63, 3.8) is 0 Å². The summed E-state index contributed by atoms with van der Waals surface area (Å²) in [5.41, 5.74) is -0.179. The van der Waals surface area contributed by atoms with Crippen LogP contribution < -0.4 is 0 Å². The van der Waals surface area contributed by atoms with Gasteiger partial charge in [0.15, 0.2) is 0 Å². The fourth-order valence-electron chi connectivity index (χ4n) is 1.67. The number of rotatable bonds is 2. The van der Waals surface area contributed by atoms with Crippen molar-refractivity contribution in [1.82, 2.24) is 9.78 Å². The maximum atomic E-state index is 12.5. The summed E-state index contributed by atoms with van der Waals surface area (Å²) in [5, 5.41) is 3.90. The SMILES string of the molecule is FC(F)c1nn(C2CCOCC2)cc1Br. The second-order valence-electron chi connectivity index (χ2n) is 3.49. The van der Waals surface area contributed by atoms with Gasteiger partial charge in [-0.05, 0) is 28.8 Å². The van der Waals surface area contributed by atoms with Crippen molar-refractivity contribution < 1.29 is 13.5 Å². The highest BCUT2D eigenvalue weighted by Crippen LogP contribution is 2.29. The smallest absolute Gasteiger partial charge is 0.283 e. The number of nitrogens with zero attached hydrogens (tertiary/aromatic N) is 2. The molecule has 1 fully saturated rings. The molecule has 0 atom stereocenters. The summed E-state index contributed by atoms with van der Waals surface area (Å²) < 4.78 is 32.2. The molecule has 0 amide bonds. The van der Waals surface area contributed by atoms with Gasteiger partial charge in [-0.3, -0.25) is 4.68 Å². The monoisotopic (exact) mass is 280 g/mol. The third kappa shape index (κ3) is 2.36. The summed E-state index contributed by atoms with van der Waals surface area (Å²) >= 11 is 3.09. The van der Waals surface area contributed by atoms with E-state index in [1.807, 2.05) is 0 Å². The van der Waals surface area contributed by atoms with Crippen molar-refractivity contribution in [1.29, 1.82) is 0 Å². The molecule has 1 aromatic heterocycles. The molecule has 84 valence electrons. The first kappa shape index (κ1) is 11.0. The zero-order valence-corrected chi connectivity index (χ0v) is 9.58. The maximum absolute atomic E-state index is 12.5. The van der Waals surface area contributed by atoms with Crippen molar-refractivity contribution in [3.8, 4) is 0 Å². The number of ether oxygens (including phenoxy) is 1. The standard InChI is InChI=1S/C9H11BrF2N2O/c10-7-5-14(13-8(7)9(11)12)6-1-3-15-4-2-6/h5-6,9H,1-4H2. The summed E-state index contributed by atoms with van der Waals surface area (Å²) in [7, 11) is 0. The van der Waals surface area contributed by atoms with Gasteiger partial charge in [-0.15, -0.1) is 0 Å². The Bertz CT molecular complexity index is 337. The molecule has 0 spiro atoms. The molecule has 3 nitrogen and oxygen atoms in total. The largest absolute Gasteiger partial charge is 0.381 e. The Balaban J connectivity index is 2.17. The van der Waals surface area contributed by atoms with E-state index in [0.717, 1.165) is 12.8 Å². The van der Waals surface area contributed by atoms with E-state index in [1.165, 1.54) is 0 Å². The van der Waals surface area contributed by atoms with Gasteiger partial charge in [0, 0.05) is 19.4 Å². The number of halogens is 3. The number of hydrogen-bond acceptors (Lipinski definition) is 2. The Morgan fingerprint density at radius 3 is 2.67 bits per heavy atom. The summed E-state index contributed by atoms with van der Waals surface area (Å²) in [6.07, 6.45) is 0.755. The fraction of sp³-hybridized carbons (Fsp3) is 0.667. The average Bonchev–Trinajstić information content (AvgIpc) is 2.62. The predicted molar refractivity (Wildman–Crippen MR) is 54.0 cm³/mol. The number of hydrogen-bond donors (Lipinski definition) is 0. The number of alkyl halides is 2. The van der Waals surface area contributed by atoms with Gasteiger partial charge < -0.3 is 4.74 Å². The van der Waals surface area contributed by atoms with Crippen LogP contribution in [-0.2, 0) is 4.74 Å². The van der Waals surface area contributed by atoms with Crippen LogP contribution in [0.2, 0.25) is 0 Å². The van der Waals surface area contributed by atoms with Gasteiger partial charge in [-0.25, -0.2) is 8.78 Å². The van der Waals surface area contributed by atoms with Gasteiger partial charge in [-0.1, -0.05) is 0 Å². The van der Waals surface area contributed by atoms with Crippen molar-refractivity contribution in [2.24, 2.45) is 0 Å². The van der Waals surface area contributed by atoms with Crippen molar-refractivity contribution in [2.75, 3.05) is 13.2 Å². The molecule has 0 unspecified atom stereocenters. The third-order valence-corrected chi connectivity index (χ3v) is 3.10. The molecule has 0 N–H and O–H groups in total. The Morgan fingerprint density at radius 1 is 1.47 bits per heavy atom. The highest BCUT2D eigenvalue weighted by Gasteiger charge is 2.21. The van der Waals surface area contributed by atoms with Gasteiger partial charge in [0.1, 0.15) is 5.69 Å². The fourth-order valence-corrected chi connectivity index (χ4v) is 2.13. The molecule has 0 aromatic carbocycles. The lowest BCUT2D eigenvalue weighted by molar-refractivity contribution is 0.0654. The minimum absolute atomic E-state index is 0.179. The molecular formula is C9H11BrF2N2O. The van der Waals surface area contributed by atoms with E-state index in [9.17, 15) is 8.78 Å². The molecule has 2 heterocycles. The molecule has 15 heavy (non-hydrogen) atoms. The molecule has 0 radical (unpaired) electrons. The van der Waals surface area contributed by atoms with Crippen LogP contribution in [0.4, 0.5) is 8.78 Å². The predicted octanol–water partition coefficient (Wildman–Crippen LogP) is 2.93. The molecule has 0 aliphatic carbocycles. The van der Waals surface area contributed by atoms with Crippen LogP contribution in [0, 0.1) is 0 Å². The molecule has 1 saturated heterocycles. The summed E-state index contributed by atoms with van der Waals surface area (Å²) in [5.74, 6) is 0. The van der Waals surface area contributed by atoms with Crippen LogP contribution in [0.25, 0.3) is 0 Å². The minimum Gasteiger partial charge on any atom is -0.381 e. The molecular weight excluding hydrogens is 270 g/mol. The first-order valence-electron chi connectivity index (χ1n) is 4.79. The Kier molecular flexibility index (Phi) is 3.35. The number of aromatic nitrogens is 2. The van der Waals surface area contributed by atoms with E-state index in [-0.39, 0.29) is 11.7 Å². The normalized spacial score (nSPS) is 18.7. The van der Waals surface area contributed by atoms with E-state index in [2.05, 4.69) is 21.0 Å². The van der Waals surface area contributed by atoms with Crippen LogP contribution in [0.3, 0.4) is 0 Å². The summed E-state index contributed by atoms with van der Waals surface area (Å²) in [4.78, 5) is 0. The van der Waals surface area contributed by atoms with Gasteiger partial charge >= 0.3 is 0 Å². The second kappa shape index (κ2) is 4.57. The average molecular weight is 281 g/mol. The van der Waals surface area contributed by atoms with E-state index >= 15 is 0 Å². The third-order valence-electron chi connectivity index (χ3n) is 2.49. The lowest BCUT2D eigenvalue weighted by Gasteiger charge is -2.22. The zero-order valence-electron chi connectivity index (χ0n) is 8.00. The van der Waals surface area contributed by atoms with Gasteiger partial charge in [0.25, 0.3) is 6.43 Å². The molecule has 1 aliphatic heterocycles. The van der Waals surface area contributed by atoms with E-state index in [0.29, 0.717) is 17.7 Å². The minimum atomic E-state index is -2.53. The molecule has 2 rings (SSSR count). The quantitative estimate of drug-likeness (QED) is 0.833. The van der Waals surface area contributed by atoms with Crippen LogP contribution in [-0.4, -0.2) is 23.0 Å². The Morgan fingerprint density at radius 2 is 2.13 bits per heavy atom. The van der Waals surface area contributed by atoms with E-state index in [1.54, 1.807) is 10.9 Å². The van der Waals surface area contributed by atoms with Crippen LogP contribution in [0.1, 0.15) is 31.0 Å². The van der Waals surface area contributed by atoms with E-state index < -0.39 is 6.43 Å². The van der Waals surface area contributed by atoms with Crippen molar-refractivity contribution in [2.45, 2.75) is 25.3 Å². The lowest BCUT2D eigenvalue weighted by atomic mass is 10.1. The van der Waals surface area contributed by atoms with Gasteiger partial charge in [0.2, 0.25) is 0 Å². The van der Waals surface area contributed by atoms with Gasteiger partial charge in [-0.2, -0.15) is 5.10 Å². The van der Waals surface area contributed by atoms with Crippen molar-refractivity contribution >= 4 is 15.9 Å². The first-order valence-corrected chi connectivity index (χ1v) is 5.58.